The van der Waals surface area contributed by atoms with E-state index in [1.807, 2.05) is 19.3 Å². The summed E-state index contributed by atoms with van der Waals surface area (Å²) in [6, 6.07) is 0. The molecule has 0 aromatic heterocycles. The fourth-order valence-electron chi connectivity index (χ4n) is 1.41. The molecule has 1 fully saturated rings. The molecule has 0 saturated carbocycles. The Morgan fingerprint density at radius 3 is 3.07 bits per heavy atom. The van der Waals surface area contributed by atoms with Crippen LogP contribution in [-0.4, -0.2) is 27.3 Å². The third kappa shape index (κ3) is 1.54. The second-order valence-electron chi connectivity index (χ2n) is 3.52. The second-order valence-corrected chi connectivity index (χ2v) is 4.94. The molecular weight excluding hydrogens is 218 g/mol. The molecule has 3 nitrogen and oxygen atoms in total. The van der Waals surface area contributed by atoms with Crippen LogP contribution in [0.2, 0.25) is 0 Å². The van der Waals surface area contributed by atoms with Gasteiger partial charge in [-0.15, -0.1) is 11.8 Å². The summed E-state index contributed by atoms with van der Waals surface area (Å²) in [5.41, 5.74) is 0.764. The van der Waals surface area contributed by atoms with Crippen molar-refractivity contribution in [3.05, 3.63) is 11.1 Å². The zero-order valence-corrected chi connectivity index (χ0v) is 9.65. The first kappa shape index (κ1) is 9.98. The van der Waals surface area contributed by atoms with Gasteiger partial charge < -0.3 is 4.74 Å². The van der Waals surface area contributed by atoms with Crippen molar-refractivity contribution in [2.75, 3.05) is 0 Å². The van der Waals surface area contributed by atoms with Gasteiger partial charge in [0.25, 0.3) is 0 Å². The van der Waals surface area contributed by atoms with E-state index in [1.54, 1.807) is 16.7 Å². The summed E-state index contributed by atoms with van der Waals surface area (Å²) in [5.74, 6) is 0.140. The monoisotopic (exact) mass is 229 g/mol. The second kappa shape index (κ2) is 3.55. The van der Waals surface area contributed by atoms with Crippen LogP contribution in [0.25, 0.3) is 0 Å². The van der Waals surface area contributed by atoms with Gasteiger partial charge in [0.15, 0.2) is 0 Å². The normalized spacial score (nSPS) is 24.5. The Kier molecular flexibility index (Phi) is 2.53. The maximum atomic E-state index is 11.3. The summed E-state index contributed by atoms with van der Waals surface area (Å²) in [6.07, 6.45) is 0.679. The Bertz CT molecular complexity index is 325. The topological polar surface area (TPSA) is 29.5 Å². The van der Waals surface area contributed by atoms with Crippen LogP contribution >= 0.6 is 24.0 Å². The van der Waals surface area contributed by atoms with E-state index in [0.29, 0.717) is 11.5 Å². The van der Waals surface area contributed by atoms with E-state index >= 15 is 0 Å². The molecule has 0 spiro atoms. The average molecular weight is 229 g/mol. The number of rotatable bonds is 2. The number of carbonyl (C=O) groups excluding carboxylic acids is 1. The number of hydrogen-bond donors (Lipinski definition) is 0. The molecule has 0 bridgehead atoms. The summed E-state index contributed by atoms with van der Waals surface area (Å²) >= 11 is 6.74. The molecule has 76 valence electrons. The number of amides is 1. The van der Waals surface area contributed by atoms with E-state index < -0.39 is 0 Å². The fraction of sp³-hybridized carbons (Fsp3) is 0.556. The van der Waals surface area contributed by atoms with Crippen molar-refractivity contribution < 1.29 is 9.53 Å². The molecule has 2 aliphatic heterocycles. The summed E-state index contributed by atoms with van der Waals surface area (Å²) in [7, 11) is 0. The predicted molar refractivity (Wildman–Crippen MR) is 59.7 cm³/mol. The minimum absolute atomic E-state index is 0.0591. The lowest BCUT2D eigenvalue weighted by Gasteiger charge is -2.35. The number of hydrogen-bond acceptors (Lipinski definition) is 4. The molecule has 14 heavy (non-hydrogen) atoms. The molecule has 1 atom stereocenters. The predicted octanol–water partition coefficient (Wildman–Crippen LogP) is 1.89. The lowest BCUT2D eigenvalue weighted by molar-refractivity contribution is -0.137. The number of β-lactam (4-membered cyclic amide) rings is 1. The number of thiocarbonyl (C=S) groups is 1. The molecular formula is C9H11NO2S2. The van der Waals surface area contributed by atoms with E-state index in [1.165, 1.54) is 0 Å². The van der Waals surface area contributed by atoms with Crippen LogP contribution < -0.4 is 0 Å². The molecule has 2 aliphatic rings. The molecule has 0 radical (unpaired) electrons. The van der Waals surface area contributed by atoms with Gasteiger partial charge in [-0.1, -0.05) is 0 Å². The van der Waals surface area contributed by atoms with Crippen molar-refractivity contribution in [2.45, 2.75) is 31.7 Å². The quantitative estimate of drug-likeness (QED) is 0.534. The van der Waals surface area contributed by atoms with E-state index in [2.05, 4.69) is 0 Å². The summed E-state index contributed by atoms with van der Waals surface area (Å²) in [5, 5.41) is 2.62. The number of carbonyl (C=O) groups is 1. The lowest BCUT2D eigenvalue weighted by atomic mass is 10.2. The van der Waals surface area contributed by atoms with Gasteiger partial charge in [0.1, 0.15) is 5.70 Å². The van der Waals surface area contributed by atoms with Crippen molar-refractivity contribution in [2.24, 2.45) is 0 Å². The van der Waals surface area contributed by atoms with Gasteiger partial charge in [-0.25, -0.2) is 0 Å². The molecule has 0 aliphatic carbocycles. The van der Waals surface area contributed by atoms with Crippen LogP contribution in [0.1, 0.15) is 20.3 Å². The zero-order chi connectivity index (χ0) is 10.3. The molecule has 5 heteroatoms. The Labute approximate surface area is 92.5 Å². The van der Waals surface area contributed by atoms with E-state index in [-0.39, 0.29) is 17.4 Å². The molecule has 0 unspecified atom stereocenters. The highest BCUT2D eigenvalue weighted by molar-refractivity contribution is 8.03. The summed E-state index contributed by atoms with van der Waals surface area (Å²) < 4.78 is 5.39. The Hall–Kier alpha value is -0.550. The minimum atomic E-state index is 0.0591. The Balaban J connectivity index is 2.05. The smallest absolute Gasteiger partial charge is 0.231 e. The highest BCUT2D eigenvalue weighted by atomic mass is 32.2. The summed E-state index contributed by atoms with van der Waals surface area (Å²) in [4.78, 5) is 13.0. The van der Waals surface area contributed by atoms with Gasteiger partial charge in [-0.2, -0.15) is 0 Å². The van der Waals surface area contributed by atoms with Crippen molar-refractivity contribution in [3.8, 4) is 0 Å². The third-order valence-corrected chi connectivity index (χ3v) is 3.41. The van der Waals surface area contributed by atoms with Gasteiger partial charge in [-0.05, 0) is 26.1 Å². The molecule has 0 N–H and O–H groups in total. The van der Waals surface area contributed by atoms with Crippen LogP contribution in [0, 0.1) is 0 Å². The number of ether oxygens (including phenoxy) is 1. The van der Waals surface area contributed by atoms with Crippen LogP contribution in [0.4, 0.5) is 0 Å². The Morgan fingerprint density at radius 2 is 2.50 bits per heavy atom. The van der Waals surface area contributed by atoms with Crippen LogP contribution in [0.15, 0.2) is 11.1 Å². The molecule has 2 rings (SSSR count). The minimum Gasteiger partial charge on any atom is -0.479 e. The Morgan fingerprint density at radius 1 is 1.79 bits per heavy atom. The van der Waals surface area contributed by atoms with Crippen LogP contribution in [-0.2, 0) is 9.53 Å². The molecule has 0 aromatic carbocycles. The van der Waals surface area contributed by atoms with Crippen molar-refractivity contribution >= 4 is 34.9 Å². The molecule has 2 heterocycles. The molecule has 0 aromatic rings. The maximum absolute atomic E-state index is 11.3. The fourth-order valence-corrected chi connectivity index (χ4v) is 2.93. The van der Waals surface area contributed by atoms with Gasteiger partial charge in [0.2, 0.25) is 11.0 Å². The van der Waals surface area contributed by atoms with E-state index in [4.69, 9.17) is 17.0 Å². The maximum Gasteiger partial charge on any atom is 0.231 e. The standard InChI is InChI=1S/C9H11NO2S2/c1-5(2)12-9(13)6-4-14-8-3-7(11)10(6)8/h4-5,8H,3H2,1-2H3/t8-/m1/s1. The van der Waals surface area contributed by atoms with Crippen molar-refractivity contribution in [1.29, 1.82) is 0 Å². The van der Waals surface area contributed by atoms with Gasteiger partial charge in [0, 0.05) is 5.41 Å². The SMILES string of the molecule is CC(C)OC(=S)C1=CS[C@@H]2CC(=O)N12. The zero-order valence-electron chi connectivity index (χ0n) is 8.02. The van der Waals surface area contributed by atoms with Crippen LogP contribution in [0.3, 0.4) is 0 Å². The van der Waals surface area contributed by atoms with E-state index in [0.717, 1.165) is 5.70 Å². The van der Waals surface area contributed by atoms with E-state index in [9.17, 15) is 4.79 Å². The summed E-state index contributed by atoms with van der Waals surface area (Å²) in [6.45, 7) is 3.84. The first-order valence-electron chi connectivity index (χ1n) is 4.48. The number of nitrogens with zero attached hydrogens (tertiary/aromatic N) is 1. The molecule has 1 amide bonds. The first-order valence-corrected chi connectivity index (χ1v) is 5.83. The number of thioether (sulfide) groups is 1. The van der Waals surface area contributed by atoms with Gasteiger partial charge in [-0.3, -0.25) is 9.69 Å². The number of fused-ring (bicyclic) bond motifs is 1. The molecule has 1 saturated heterocycles. The van der Waals surface area contributed by atoms with Gasteiger partial charge in [0.05, 0.1) is 17.9 Å². The van der Waals surface area contributed by atoms with Gasteiger partial charge >= 0.3 is 0 Å². The first-order chi connectivity index (χ1) is 6.59. The van der Waals surface area contributed by atoms with Crippen molar-refractivity contribution in [3.63, 3.8) is 0 Å². The largest absolute Gasteiger partial charge is 0.479 e. The van der Waals surface area contributed by atoms with Crippen LogP contribution in [0.5, 0.6) is 0 Å². The lowest BCUT2D eigenvalue weighted by Crippen LogP contribution is -2.48. The third-order valence-electron chi connectivity index (χ3n) is 2.05. The average Bonchev–Trinajstić information content (AvgIpc) is 2.40. The highest BCUT2D eigenvalue weighted by Gasteiger charge is 2.44. The highest BCUT2D eigenvalue weighted by Crippen LogP contribution is 2.41. The van der Waals surface area contributed by atoms with Crippen molar-refractivity contribution in [1.82, 2.24) is 4.90 Å².